The third-order valence-corrected chi connectivity index (χ3v) is 3.87. The predicted molar refractivity (Wildman–Crippen MR) is 96.1 cm³/mol. The monoisotopic (exact) mass is 385 g/mol. The first-order valence-corrected chi connectivity index (χ1v) is 8.17. The summed E-state index contributed by atoms with van der Waals surface area (Å²) in [6.45, 7) is 0.296. The zero-order chi connectivity index (χ0) is 20.1. The second-order valence-corrected chi connectivity index (χ2v) is 5.80. The Balaban J connectivity index is 1.64. The molecule has 5 nitrogen and oxygen atoms in total. The van der Waals surface area contributed by atoms with Crippen molar-refractivity contribution in [2.24, 2.45) is 0 Å². The molecule has 2 amide bonds. The lowest BCUT2D eigenvalue weighted by molar-refractivity contribution is 0.0949. The van der Waals surface area contributed by atoms with Crippen molar-refractivity contribution in [1.82, 2.24) is 10.3 Å². The summed E-state index contributed by atoms with van der Waals surface area (Å²) in [5.41, 5.74) is 0.787. The Kier molecular flexibility index (Phi) is 5.69. The van der Waals surface area contributed by atoms with Gasteiger partial charge < -0.3 is 10.6 Å². The molecule has 3 rings (SSSR count). The highest BCUT2D eigenvalue weighted by atomic mass is 19.2. The Morgan fingerprint density at radius 2 is 1.54 bits per heavy atom. The van der Waals surface area contributed by atoms with Crippen LogP contribution in [0.25, 0.3) is 0 Å². The summed E-state index contributed by atoms with van der Waals surface area (Å²) in [6, 6.07) is 10.8. The van der Waals surface area contributed by atoms with Crippen molar-refractivity contribution in [2.45, 2.75) is 6.54 Å². The molecule has 8 heteroatoms. The minimum atomic E-state index is -1.67. The maximum absolute atomic E-state index is 13.6. The molecule has 2 N–H and O–H groups in total. The number of nitrogens with one attached hydrogen (secondary N) is 2. The first kappa shape index (κ1) is 19.1. The van der Waals surface area contributed by atoms with E-state index in [1.54, 1.807) is 18.5 Å². The van der Waals surface area contributed by atoms with E-state index in [2.05, 4.69) is 15.6 Å². The third kappa shape index (κ3) is 4.35. The average Bonchev–Trinajstić information content (AvgIpc) is 2.73. The molecule has 0 radical (unpaired) electrons. The van der Waals surface area contributed by atoms with Gasteiger partial charge in [-0.25, -0.2) is 13.2 Å². The van der Waals surface area contributed by atoms with Crippen LogP contribution < -0.4 is 10.6 Å². The Morgan fingerprint density at radius 3 is 2.18 bits per heavy atom. The van der Waals surface area contributed by atoms with Crippen LogP contribution in [0.15, 0.2) is 60.9 Å². The van der Waals surface area contributed by atoms with Crippen LogP contribution in [-0.2, 0) is 6.54 Å². The van der Waals surface area contributed by atoms with E-state index in [9.17, 15) is 22.8 Å². The predicted octanol–water partition coefficient (Wildman–Crippen LogP) is 3.68. The van der Waals surface area contributed by atoms with Gasteiger partial charge in [0.15, 0.2) is 17.5 Å². The van der Waals surface area contributed by atoms with Gasteiger partial charge in [-0.15, -0.1) is 0 Å². The van der Waals surface area contributed by atoms with E-state index in [1.165, 1.54) is 24.3 Å². The highest BCUT2D eigenvalue weighted by Crippen LogP contribution is 2.20. The number of benzene rings is 2. The first-order chi connectivity index (χ1) is 13.5. The van der Waals surface area contributed by atoms with E-state index in [0.717, 1.165) is 11.6 Å². The fraction of sp³-hybridized carbons (Fsp3) is 0.0500. The van der Waals surface area contributed by atoms with Crippen molar-refractivity contribution < 1.29 is 22.8 Å². The van der Waals surface area contributed by atoms with Crippen LogP contribution in [0.3, 0.4) is 0 Å². The molecule has 0 saturated carbocycles. The number of halogens is 3. The van der Waals surface area contributed by atoms with E-state index in [4.69, 9.17) is 0 Å². The van der Waals surface area contributed by atoms with Crippen molar-refractivity contribution in [2.75, 3.05) is 5.32 Å². The standard InChI is InChI=1S/C20H14F3N3O2/c21-15-7-8-16(18(23)17(15)22)26-20(28)14-5-3-13(4-6-14)19(27)25-11-12-2-1-9-24-10-12/h1-10H,11H2,(H,25,27)(H,26,28). The first-order valence-electron chi connectivity index (χ1n) is 8.17. The molecule has 28 heavy (non-hydrogen) atoms. The molecule has 0 bridgehead atoms. The number of carbonyl (C=O) groups is 2. The molecule has 142 valence electrons. The Morgan fingerprint density at radius 1 is 0.857 bits per heavy atom. The lowest BCUT2D eigenvalue weighted by atomic mass is 10.1. The second kappa shape index (κ2) is 8.34. The molecule has 0 aliphatic carbocycles. The largest absolute Gasteiger partial charge is 0.348 e. The lowest BCUT2D eigenvalue weighted by Gasteiger charge is -2.08. The summed E-state index contributed by atoms with van der Waals surface area (Å²) in [6.07, 6.45) is 3.26. The summed E-state index contributed by atoms with van der Waals surface area (Å²) in [5, 5.41) is 4.88. The van der Waals surface area contributed by atoms with Crippen LogP contribution >= 0.6 is 0 Å². The third-order valence-electron chi connectivity index (χ3n) is 3.87. The summed E-state index contributed by atoms with van der Waals surface area (Å²) in [4.78, 5) is 28.2. The van der Waals surface area contributed by atoms with Crippen molar-refractivity contribution in [3.8, 4) is 0 Å². The number of pyridine rings is 1. The molecule has 2 aromatic carbocycles. The molecule has 1 aromatic heterocycles. The van der Waals surface area contributed by atoms with Crippen molar-refractivity contribution in [1.29, 1.82) is 0 Å². The zero-order valence-electron chi connectivity index (χ0n) is 14.4. The Labute approximate surface area is 158 Å². The highest BCUT2D eigenvalue weighted by molar-refractivity contribution is 6.05. The van der Waals surface area contributed by atoms with Gasteiger partial charge in [0.25, 0.3) is 11.8 Å². The van der Waals surface area contributed by atoms with Crippen molar-refractivity contribution in [3.05, 3.63) is 95.1 Å². The molecule has 0 unspecified atom stereocenters. The normalized spacial score (nSPS) is 10.4. The number of amides is 2. The topological polar surface area (TPSA) is 71.1 Å². The van der Waals surface area contributed by atoms with Gasteiger partial charge >= 0.3 is 0 Å². The number of hydrogen-bond acceptors (Lipinski definition) is 3. The highest BCUT2D eigenvalue weighted by Gasteiger charge is 2.16. The van der Waals surface area contributed by atoms with Crippen molar-refractivity contribution in [3.63, 3.8) is 0 Å². The average molecular weight is 385 g/mol. The minimum Gasteiger partial charge on any atom is -0.348 e. The van der Waals surface area contributed by atoms with E-state index in [0.29, 0.717) is 18.2 Å². The smallest absolute Gasteiger partial charge is 0.255 e. The minimum absolute atomic E-state index is 0.118. The van der Waals surface area contributed by atoms with Crippen LogP contribution in [0.1, 0.15) is 26.3 Å². The summed E-state index contributed by atoms with van der Waals surface area (Å²) in [5.74, 6) is -5.58. The van der Waals surface area contributed by atoms with Crippen LogP contribution in [0.2, 0.25) is 0 Å². The molecule has 0 fully saturated rings. The van der Waals surface area contributed by atoms with E-state index >= 15 is 0 Å². The van der Waals surface area contributed by atoms with Crippen LogP contribution in [0, 0.1) is 17.5 Å². The van der Waals surface area contributed by atoms with Crippen LogP contribution in [-0.4, -0.2) is 16.8 Å². The van der Waals surface area contributed by atoms with Gasteiger partial charge in [0, 0.05) is 30.1 Å². The van der Waals surface area contributed by atoms with Gasteiger partial charge in [0.1, 0.15) is 0 Å². The van der Waals surface area contributed by atoms with Crippen molar-refractivity contribution >= 4 is 17.5 Å². The number of anilines is 1. The molecular weight excluding hydrogens is 371 g/mol. The van der Waals surface area contributed by atoms with Crippen LogP contribution in [0.5, 0.6) is 0 Å². The number of carbonyl (C=O) groups excluding carboxylic acids is 2. The number of nitrogens with zero attached hydrogens (tertiary/aromatic N) is 1. The molecule has 0 saturated heterocycles. The fourth-order valence-corrected chi connectivity index (χ4v) is 2.38. The van der Waals surface area contributed by atoms with Gasteiger partial charge in [0.2, 0.25) is 0 Å². The summed E-state index contributed by atoms with van der Waals surface area (Å²) < 4.78 is 39.8. The number of rotatable bonds is 5. The molecule has 3 aromatic rings. The van der Waals surface area contributed by atoms with E-state index in [1.807, 2.05) is 6.07 Å². The second-order valence-electron chi connectivity index (χ2n) is 5.80. The van der Waals surface area contributed by atoms with E-state index < -0.39 is 29.0 Å². The van der Waals surface area contributed by atoms with Gasteiger partial charge in [-0.2, -0.15) is 0 Å². The molecule has 1 heterocycles. The maximum Gasteiger partial charge on any atom is 0.255 e. The Bertz CT molecular complexity index is 1010. The lowest BCUT2D eigenvalue weighted by Crippen LogP contribution is -2.23. The molecule has 0 aliphatic rings. The molecular formula is C20H14F3N3O2. The van der Waals surface area contributed by atoms with Gasteiger partial charge in [-0.1, -0.05) is 6.07 Å². The summed E-state index contributed by atoms with van der Waals surface area (Å²) >= 11 is 0. The number of aromatic nitrogens is 1. The summed E-state index contributed by atoms with van der Waals surface area (Å²) in [7, 11) is 0. The zero-order valence-corrected chi connectivity index (χ0v) is 14.4. The number of hydrogen-bond donors (Lipinski definition) is 2. The molecule has 0 atom stereocenters. The fourth-order valence-electron chi connectivity index (χ4n) is 2.38. The Hall–Kier alpha value is -3.68. The van der Waals surface area contributed by atoms with Crippen LogP contribution in [0.4, 0.5) is 18.9 Å². The SMILES string of the molecule is O=C(NCc1cccnc1)c1ccc(C(=O)Nc2ccc(F)c(F)c2F)cc1. The van der Waals surface area contributed by atoms with Gasteiger partial charge in [-0.05, 0) is 48.0 Å². The van der Waals surface area contributed by atoms with E-state index in [-0.39, 0.29) is 11.5 Å². The van der Waals surface area contributed by atoms with Gasteiger partial charge in [0.05, 0.1) is 5.69 Å². The quantitative estimate of drug-likeness (QED) is 0.658. The maximum atomic E-state index is 13.6. The molecule has 0 spiro atoms. The van der Waals surface area contributed by atoms with Gasteiger partial charge in [-0.3, -0.25) is 14.6 Å². The molecule has 0 aliphatic heterocycles.